The standard InChI is InChI=1S/C29H24F3N7O4S/c1-18-3-6-21(15-42-2)24(13-18)39-25(40)16-44-28(39)35-27(41)36-34-14-19-4-7-20(8-5-19)26-33-17-38(37-26)22-9-11-23(12-10-22)43-29(30,31)32/h3-14,17H,15-16H2,1-2H3,(H,36,41)/b34-14+,35-28-. The molecule has 226 valence electrons. The van der Waals surface area contributed by atoms with Crippen molar-refractivity contribution < 1.29 is 32.2 Å². The zero-order valence-electron chi connectivity index (χ0n) is 23.3. The van der Waals surface area contributed by atoms with Gasteiger partial charge >= 0.3 is 12.4 Å². The topological polar surface area (TPSA) is 123 Å². The molecular weight excluding hydrogens is 599 g/mol. The van der Waals surface area contributed by atoms with E-state index in [0.29, 0.717) is 34.9 Å². The fraction of sp³-hybridized carbons (Fsp3) is 0.172. The molecule has 0 radical (unpaired) electrons. The molecule has 2 heterocycles. The van der Waals surface area contributed by atoms with E-state index in [4.69, 9.17) is 4.74 Å². The van der Waals surface area contributed by atoms with Gasteiger partial charge < -0.3 is 9.47 Å². The number of hydrazone groups is 1. The Morgan fingerprint density at radius 3 is 2.57 bits per heavy atom. The van der Waals surface area contributed by atoms with E-state index in [2.05, 4.69) is 30.3 Å². The summed E-state index contributed by atoms with van der Waals surface area (Å²) in [5.41, 5.74) is 6.54. The summed E-state index contributed by atoms with van der Waals surface area (Å²) in [7, 11) is 1.56. The van der Waals surface area contributed by atoms with Crippen LogP contribution in [0.2, 0.25) is 0 Å². The second-order valence-corrected chi connectivity index (χ2v) is 10.3. The van der Waals surface area contributed by atoms with Crippen LogP contribution in [0.5, 0.6) is 5.75 Å². The summed E-state index contributed by atoms with van der Waals surface area (Å²) in [6.45, 7) is 2.20. The lowest BCUT2D eigenvalue weighted by molar-refractivity contribution is -0.274. The second kappa shape index (κ2) is 13.1. The molecule has 0 unspecified atom stereocenters. The minimum absolute atomic E-state index is 0.151. The van der Waals surface area contributed by atoms with Crippen LogP contribution in [0, 0.1) is 6.92 Å². The first-order valence-corrected chi connectivity index (χ1v) is 13.9. The fourth-order valence-electron chi connectivity index (χ4n) is 4.15. The van der Waals surface area contributed by atoms with Crippen molar-refractivity contribution in [2.45, 2.75) is 19.9 Å². The van der Waals surface area contributed by atoms with E-state index in [1.54, 1.807) is 31.4 Å². The largest absolute Gasteiger partial charge is 0.573 e. The van der Waals surface area contributed by atoms with E-state index in [0.717, 1.165) is 22.9 Å². The highest BCUT2D eigenvalue weighted by Crippen LogP contribution is 2.31. The summed E-state index contributed by atoms with van der Waals surface area (Å²) in [5.74, 6) is 0.0125. The summed E-state index contributed by atoms with van der Waals surface area (Å²) in [6, 6.07) is 17.1. The normalized spacial score (nSPS) is 14.5. The number of aromatic nitrogens is 3. The molecule has 0 bridgehead atoms. The van der Waals surface area contributed by atoms with Crippen LogP contribution in [-0.4, -0.2) is 57.3 Å². The third-order valence-electron chi connectivity index (χ3n) is 6.11. The molecule has 11 nitrogen and oxygen atoms in total. The number of aliphatic imine (C=N–C) groups is 1. The number of rotatable bonds is 8. The number of carbonyl (C=O) groups excluding carboxylic acids is 2. The molecule has 0 spiro atoms. The number of anilines is 1. The predicted octanol–water partition coefficient (Wildman–Crippen LogP) is 5.47. The molecule has 1 fully saturated rings. The van der Waals surface area contributed by atoms with Crippen molar-refractivity contribution in [2.24, 2.45) is 10.1 Å². The molecule has 15 heteroatoms. The molecule has 44 heavy (non-hydrogen) atoms. The van der Waals surface area contributed by atoms with Crippen LogP contribution in [0.4, 0.5) is 23.7 Å². The van der Waals surface area contributed by atoms with E-state index in [9.17, 15) is 22.8 Å². The Labute approximate surface area is 253 Å². The molecule has 1 aliphatic heterocycles. The number of methoxy groups -OCH3 is 1. The number of hydrogen-bond donors (Lipinski definition) is 1. The number of ether oxygens (including phenoxy) is 2. The molecule has 3 aromatic carbocycles. The van der Waals surface area contributed by atoms with Gasteiger partial charge in [0.25, 0.3) is 0 Å². The van der Waals surface area contributed by atoms with Gasteiger partial charge in [-0.1, -0.05) is 48.2 Å². The van der Waals surface area contributed by atoms with Crippen molar-refractivity contribution in [3.05, 3.63) is 89.7 Å². The number of aryl methyl sites for hydroxylation is 1. The lowest BCUT2D eigenvalue weighted by atomic mass is 10.1. The van der Waals surface area contributed by atoms with Crippen molar-refractivity contribution in [1.29, 1.82) is 0 Å². The zero-order chi connectivity index (χ0) is 31.3. The summed E-state index contributed by atoms with van der Waals surface area (Å²) in [5, 5.41) is 8.57. The smallest absolute Gasteiger partial charge is 0.406 e. The number of hydrogen-bond acceptors (Lipinski definition) is 8. The monoisotopic (exact) mass is 623 g/mol. The van der Waals surface area contributed by atoms with Crippen LogP contribution in [0.3, 0.4) is 0 Å². The number of thioether (sulfide) groups is 1. The highest BCUT2D eigenvalue weighted by Gasteiger charge is 2.32. The van der Waals surface area contributed by atoms with Crippen LogP contribution in [0.25, 0.3) is 17.1 Å². The number of nitrogens with zero attached hydrogens (tertiary/aromatic N) is 6. The van der Waals surface area contributed by atoms with Crippen molar-refractivity contribution in [3.8, 4) is 22.8 Å². The van der Waals surface area contributed by atoms with E-state index >= 15 is 0 Å². The van der Waals surface area contributed by atoms with Gasteiger partial charge in [-0.25, -0.2) is 19.9 Å². The fourth-order valence-corrected chi connectivity index (χ4v) is 5.01. The van der Waals surface area contributed by atoms with Gasteiger partial charge in [0.05, 0.1) is 29.9 Å². The maximum atomic E-state index is 12.7. The maximum Gasteiger partial charge on any atom is 0.573 e. The third-order valence-corrected chi connectivity index (χ3v) is 7.04. The first kappa shape index (κ1) is 30.4. The Morgan fingerprint density at radius 2 is 1.86 bits per heavy atom. The van der Waals surface area contributed by atoms with Gasteiger partial charge in [0, 0.05) is 18.2 Å². The SMILES string of the molecule is COCc1ccc(C)cc1N1C(=O)CS/C1=N\C(=O)N/N=C/c1ccc(-c2ncn(-c3ccc(OC(F)(F)F)cc3)n2)cc1. The van der Waals surface area contributed by atoms with Crippen LogP contribution < -0.4 is 15.1 Å². The Balaban J connectivity index is 1.21. The van der Waals surface area contributed by atoms with Crippen LogP contribution in [0.15, 0.2) is 83.2 Å². The average Bonchev–Trinajstić information content (AvgIpc) is 3.61. The number of amidine groups is 1. The summed E-state index contributed by atoms with van der Waals surface area (Å²) < 4.78 is 47.7. The first-order chi connectivity index (χ1) is 21.1. The molecule has 0 atom stereocenters. The minimum Gasteiger partial charge on any atom is -0.406 e. The van der Waals surface area contributed by atoms with Crippen molar-refractivity contribution in [3.63, 3.8) is 0 Å². The summed E-state index contributed by atoms with van der Waals surface area (Å²) >= 11 is 1.16. The van der Waals surface area contributed by atoms with E-state index in [-0.39, 0.29) is 22.6 Å². The van der Waals surface area contributed by atoms with Crippen LogP contribution >= 0.6 is 11.8 Å². The maximum absolute atomic E-state index is 12.7. The Bertz CT molecular complexity index is 1720. The van der Waals surface area contributed by atoms with Gasteiger partial charge in [0.15, 0.2) is 11.0 Å². The molecule has 0 aliphatic carbocycles. The van der Waals surface area contributed by atoms with E-state index in [1.165, 1.54) is 46.4 Å². The summed E-state index contributed by atoms with van der Waals surface area (Å²) in [6.07, 6.45) is -1.90. The summed E-state index contributed by atoms with van der Waals surface area (Å²) in [4.78, 5) is 34.9. The number of urea groups is 1. The molecular formula is C29H24F3N7O4S. The second-order valence-electron chi connectivity index (χ2n) is 9.33. The van der Waals surface area contributed by atoms with Gasteiger partial charge in [0.1, 0.15) is 12.1 Å². The minimum atomic E-state index is -4.77. The Morgan fingerprint density at radius 1 is 1.11 bits per heavy atom. The number of alkyl halides is 3. The molecule has 5 rings (SSSR count). The van der Waals surface area contributed by atoms with Crippen LogP contribution in [0.1, 0.15) is 16.7 Å². The molecule has 1 N–H and O–H groups in total. The number of amides is 3. The lowest BCUT2D eigenvalue weighted by Crippen LogP contribution is -2.31. The van der Waals surface area contributed by atoms with E-state index < -0.39 is 12.4 Å². The molecule has 1 saturated heterocycles. The van der Waals surface area contributed by atoms with Crippen molar-refractivity contribution in [2.75, 3.05) is 17.8 Å². The van der Waals surface area contributed by atoms with E-state index in [1.807, 2.05) is 25.1 Å². The Kier molecular flexibility index (Phi) is 9.06. The number of benzene rings is 3. The van der Waals surface area contributed by atoms with Gasteiger partial charge in [0.2, 0.25) is 5.91 Å². The van der Waals surface area contributed by atoms with Gasteiger partial charge in [-0.05, 0) is 48.4 Å². The van der Waals surface area contributed by atoms with Crippen LogP contribution in [-0.2, 0) is 16.1 Å². The lowest BCUT2D eigenvalue weighted by Gasteiger charge is -2.20. The zero-order valence-corrected chi connectivity index (χ0v) is 24.1. The van der Waals surface area contributed by atoms with Gasteiger partial charge in [-0.3, -0.25) is 9.69 Å². The number of halogens is 3. The number of carbonyl (C=O) groups is 2. The van der Waals surface area contributed by atoms with Crippen molar-refractivity contribution in [1.82, 2.24) is 20.2 Å². The first-order valence-electron chi connectivity index (χ1n) is 12.9. The predicted molar refractivity (Wildman–Crippen MR) is 159 cm³/mol. The molecule has 4 aromatic rings. The third kappa shape index (κ3) is 7.48. The molecule has 1 aromatic heterocycles. The number of nitrogens with one attached hydrogen (secondary N) is 1. The quantitative estimate of drug-likeness (QED) is 0.204. The Hall–Kier alpha value is -5.02. The average molecular weight is 624 g/mol. The highest BCUT2D eigenvalue weighted by atomic mass is 32.2. The van der Waals surface area contributed by atoms with Crippen molar-refractivity contribution >= 4 is 40.8 Å². The highest BCUT2D eigenvalue weighted by molar-refractivity contribution is 8.15. The molecule has 0 saturated carbocycles. The molecule has 3 amide bonds. The molecule has 1 aliphatic rings. The van der Waals surface area contributed by atoms with Gasteiger partial charge in [-0.15, -0.1) is 18.3 Å². The van der Waals surface area contributed by atoms with Gasteiger partial charge in [-0.2, -0.15) is 10.1 Å².